The number of hydrogen-bond acceptors (Lipinski definition) is 2. The number of carbonyl (C=O) groups is 1. The lowest BCUT2D eigenvalue weighted by Crippen LogP contribution is -2.17. The summed E-state index contributed by atoms with van der Waals surface area (Å²) in [6.07, 6.45) is 3.63. The first-order chi connectivity index (χ1) is 8.15. The van der Waals surface area contributed by atoms with Gasteiger partial charge in [-0.15, -0.1) is 0 Å². The first-order valence-electron chi connectivity index (χ1n) is 6.07. The van der Waals surface area contributed by atoms with Gasteiger partial charge in [0.25, 0.3) is 5.91 Å². The van der Waals surface area contributed by atoms with Gasteiger partial charge in [0.15, 0.2) is 0 Å². The summed E-state index contributed by atoms with van der Waals surface area (Å²) < 4.78 is 0. The highest BCUT2D eigenvalue weighted by Crippen LogP contribution is 2.14. The molecule has 1 aromatic rings. The third-order valence-electron chi connectivity index (χ3n) is 2.51. The highest BCUT2D eigenvalue weighted by atomic mass is 16.2. The molecule has 3 heteroatoms. The minimum Gasteiger partial charge on any atom is -0.267 e. The average Bonchev–Trinajstić information content (AvgIpc) is 2.34. The quantitative estimate of drug-likeness (QED) is 0.614. The van der Waals surface area contributed by atoms with Crippen molar-refractivity contribution in [1.29, 1.82) is 0 Å². The first-order valence-corrected chi connectivity index (χ1v) is 6.07. The normalized spacial score (nSPS) is 11.1. The molecule has 0 aliphatic heterocycles. The van der Waals surface area contributed by atoms with Crippen LogP contribution >= 0.6 is 0 Å². The van der Waals surface area contributed by atoms with Gasteiger partial charge in [-0.1, -0.05) is 39.3 Å². The SMILES string of the molecule is CCCC=NNC(=O)c1ccc(C(C)C)cc1. The van der Waals surface area contributed by atoms with Crippen LogP contribution in [0.25, 0.3) is 0 Å². The van der Waals surface area contributed by atoms with E-state index in [2.05, 4.69) is 31.3 Å². The van der Waals surface area contributed by atoms with Crippen LogP contribution < -0.4 is 5.43 Å². The minimum absolute atomic E-state index is 0.160. The lowest BCUT2D eigenvalue weighted by Gasteiger charge is -2.05. The second-order valence-electron chi connectivity index (χ2n) is 4.32. The molecule has 0 aliphatic rings. The Labute approximate surface area is 103 Å². The van der Waals surface area contributed by atoms with Gasteiger partial charge in [0.2, 0.25) is 0 Å². The zero-order valence-electron chi connectivity index (χ0n) is 10.7. The standard InChI is InChI=1S/C14H20N2O/c1-4-5-10-15-16-14(17)13-8-6-12(7-9-13)11(2)3/h6-11H,4-5H2,1-3H3,(H,16,17). The van der Waals surface area contributed by atoms with Crippen molar-refractivity contribution in [2.24, 2.45) is 5.10 Å². The fourth-order valence-electron chi connectivity index (χ4n) is 1.38. The molecule has 1 amide bonds. The number of benzene rings is 1. The Hall–Kier alpha value is -1.64. The van der Waals surface area contributed by atoms with E-state index in [1.807, 2.05) is 24.3 Å². The van der Waals surface area contributed by atoms with E-state index in [-0.39, 0.29) is 5.91 Å². The number of carbonyl (C=O) groups excluding carboxylic acids is 1. The number of nitrogens with one attached hydrogen (secondary N) is 1. The summed E-state index contributed by atoms with van der Waals surface area (Å²) in [5.74, 6) is 0.322. The highest BCUT2D eigenvalue weighted by molar-refractivity contribution is 5.94. The molecule has 0 spiro atoms. The smallest absolute Gasteiger partial charge is 0.267 e. The molecule has 0 atom stereocenters. The van der Waals surface area contributed by atoms with E-state index in [0.717, 1.165) is 12.8 Å². The van der Waals surface area contributed by atoms with Crippen LogP contribution in [0.3, 0.4) is 0 Å². The van der Waals surface area contributed by atoms with Crippen LogP contribution in [0.5, 0.6) is 0 Å². The van der Waals surface area contributed by atoms with Crippen LogP contribution in [-0.4, -0.2) is 12.1 Å². The van der Waals surface area contributed by atoms with Gasteiger partial charge in [0.05, 0.1) is 0 Å². The summed E-state index contributed by atoms with van der Waals surface area (Å²) in [5.41, 5.74) is 4.39. The van der Waals surface area contributed by atoms with E-state index in [1.54, 1.807) is 6.21 Å². The summed E-state index contributed by atoms with van der Waals surface area (Å²) in [6, 6.07) is 7.63. The minimum atomic E-state index is -0.160. The van der Waals surface area contributed by atoms with Gasteiger partial charge in [0.1, 0.15) is 0 Å². The predicted octanol–water partition coefficient (Wildman–Crippen LogP) is 3.33. The fraction of sp³-hybridized carbons (Fsp3) is 0.429. The number of nitrogens with zero attached hydrogens (tertiary/aromatic N) is 1. The van der Waals surface area contributed by atoms with Crippen LogP contribution in [0.15, 0.2) is 29.4 Å². The maximum Gasteiger partial charge on any atom is 0.271 e. The Morgan fingerprint density at radius 3 is 2.53 bits per heavy atom. The van der Waals surface area contributed by atoms with Gasteiger partial charge in [-0.3, -0.25) is 4.79 Å². The van der Waals surface area contributed by atoms with Gasteiger partial charge in [0, 0.05) is 11.8 Å². The van der Waals surface area contributed by atoms with Crippen molar-refractivity contribution in [1.82, 2.24) is 5.43 Å². The van der Waals surface area contributed by atoms with Gasteiger partial charge < -0.3 is 0 Å². The average molecular weight is 232 g/mol. The number of hydrogen-bond donors (Lipinski definition) is 1. The molecule has 0 aromatic heterocycles. The maximum absolute atomic E-state index is 11.7. The van der Waals surface area contributed by atoms with E-state index in [9.17, 15) is 4.79 Å². The van der Waals surface area contributed by atoms with Gasteiger partial charge >= 0.3 is 0 Å². The van der Waals surface area contributed by atoms with Gasteiger partial charge in [-0.05, 0) is 30.0 Å². The summed E-state index contributed by atoms with van der Waals surface area (Å²) in [5, 5.41) is 3.87. The monoisotopic (exact) mass is 232 g/mol. The number of hydrazone groups is 1. The van der Waals surface area contributed by atoms with E-state index in [4.69, 9.17) is 0 Å². The Morgan fingerprint density at radius 1 is 1.35 bits per heavy atom. The third kappa shape index (κ3) is 4.39. The Bertz CT molecular complexity index is 380. The molecule has 0 saturated carbocycles. The van der Waals surface area contributed by atoms with E-state index in [1.165, 1.54) is 5.56 Å². The summed E-state index contributed by atoms with van der Waals surface area (Å²) in [7, 11) is 0. The van der Waals surface area contributed by atoms with Crippen LogP contribution in [0.4, 0.5) is 0 Å². The summed E-state index contributed by atoms with van der Waals surface area (Å²) in [4.78, 5) is 11.7. The predicted molar refractivity (Wildman–Crippen MR) is 71.4 cm³/mol. The van der Waals surface area contributed by atoms with Crippen molar-refractivity contribution in [2.75, 3.05) is 0 Å². The van der Waals surface area contributed by atoms with Crippen molar-refractivity contribution < 1.29 is 4.79 Å². The van der Waals surface area contributed by atoms with Crippen molar-refractivity contribution in [2.45, 2.75) is 39.5 Å². The van der Waals surface area contributed by atoms with Gasteiger partial charge in [-0.2, -0.15) is 5.10 Å². The first kappa shape index (κ1) is 13.4. The number of unbranched alkanes of at least 4 members (excludes halogenated alkanes) is 1. The maximum atomic E-state index is 11.7. The largest absolute Gasteiger partial charge is 0.271 e. The van der Waals surface area contributed by atoms with Crippen LogP contribution in [0, 0.1) is 0 Å². The van der Waals surface area contributed by atoms with Gasteiger partial charge in [-0.25, -0.2) is 5.43 Å². The van der Waals surface area contributed by atoms with Crippen LogP contribution in [-0.2, 0) is 0 Å². The van der Waals surface area contributed by atoms with Crippen molar-refractivity contribution in [3.63, 3.8) is 0 Å². The molecule has 0 aliphatic carbocycles. The van der Waals surface area contributed by atoms with Crippen molar-refractivity contribution in [3.8, 4) is 0 Å². The molecule has 0 fully saturated rings. The number of rotatable bonds is 5. The molecule has 0 bridgehead atoms. The summed E-state index contributed by atoms with van der Waals surface area (Å²) >= 11 is 0. The lowest BCUT2D eigenvalue weighted by molar-refractivity contribution is 0.0955. The Morgan fingerprint density at radius 2 is 2.00 bits per heavy atom. The third-order valence-corrected chi connectivity index (χ3v) is 2.51. The topological polar surface area (TPSA) is 41.5 Å². The molecule has 0 heterocycles. The van der Waals surface area contributed by atoms with E-state index < -0.39 is 0 Å². The highest BCUT2D eigenvalue weighted by Gasteiger charge is 2.04. The van der Waals surface area contributed by atoms with E-state index in [0.29, 0.717) is 11.5 Å². The molecule has 1 rings (SSSR count). The lowest BCUT2D eigenvalue weighted by atomic mass is 10.0. The molecule has 92 valence electrons. The van der Waals surface area contributed by atoms with Crippen LogP contribution in [0.1, 0.15) is 55.5 Å². The zero-order valence-corrected chi connectivity index (χ0v) is 10.7. The fourth-order valence-corrected chi connectivity index (χ4v) is 1.38. The Kier molecular flexibility index (Phi) is 5.40. The molecular weight excluding hydrogens is 212 g/mol. The number of amides is 1. The molecule has 3 nitrogen and oxygen atoms in total. The van der Waals surface area contributed by atoms with Crippen molar-refractivity contribution in [3.05, 3.63) is 35.4 Å². The second-order valence-corrected chi connectivity index (χ2v) is 4.32. The molecule has 17 heavy (non-hydrogen) atoms. The molecule has 0 saturated heterocycles. The molecular formula is C14H20N2O. The van der Waals surface area contributed by atoms with Crippen molar-refractivity contribution >= 4 is 12.1 Å². The molecule has 0 unspecified atom stereocenters. The zero-order chi connectivity index (χ0) is 12.7. The second kappa shape index (κ2) is 6.84. The van der Waals surface area contributed by atoms with Crippen LogP contribution in [0.2, 0.25) is 0 Å². The molecule has 1 aromatic carbocycles. The molecule has 1 N–H and O–H groups in total. The molecule has 0 radical (unpaired) electrons. The van der Waals surface area contributed by atoms with E-state index >= 15 is 0 Å². The summed E-state index contributed by atoms with van der Waals surface area (Å²) in [6.45, 7) is 6.33. The Balaban J connectivity index is 2.57.